The van der Waals surface area contributed by atoms with Crippen molar-refractivity contribution in [2.24, 2.45) is 0 Å². The van der Waals surface area contributed by atoms with Crippen molar-refractivity contribution in [3.63, 3.8) is 0 Å². The van der Waals surface area contributed by atoms with Crippen molar-refractivity contribution >= 4 is 11.6 Å². The highest BCUT2D eigenvalue weighted by Gasteiger charge is 2.25. The first kappa shape index (κ1) is 14.7. The molecule has 0 saturated heterocycles. The quantitative estimate of drug-likeness (QED) is 0.479. The third-order valence-corrected chi connectivity index (χ3v) is 3.21. The maximum absolute atomic E-state index is 12.4. The van der Waals surface area contributed by atoms with Gasteiger partial charge >= 0.3 is 5.82 Å². The fraction of sp³-hybridized carbons (Fsp3) is 0.286. The van der Waals surface area contributed by atoms with Crippen LogP contribution in [0, 0.1) is 17.0 Å². The lowest BCUT2D eigenvalue weighted by Gasteiger charge is -2.08. The molecule has 0 N–H and O–H groups in total. The zero-order valence-electron chi connectivity index (χ0n) is 11.9. The molecule has 0 aliphatic heterocycles. The van der Waals surface area contributed by atoms with Crippen LogP contribution in [-0.2, 0) is 0 Å². The summed E-state index contributed by atoms with van der Waals surface area (Å²) in [4.78, 5) is 22.6. The molecule has 1 atom stereocenters. The number of ether oxygens (including phenoxy) is 1. The molecule has 1 unspecified atom stereocenters. The zero-order chi connectivity index (χ0) is 15.6. The van der Waals surface area contributed by atoms with Crippen molar-refractivity contribution in [2.75, 3.05) is 7.11 Å². The molecule has 0 aliphatic carbocycles. The molecule has 0 spiro atoms. The van der Waals surface area contributed by atoms with Crippen LogP contribution in [0.2, 0.25) is 0 Å². The predicted molar refractivity (Wildman–Crippen MR) is 75.7 cm³/mol. The molecule has 0 aliphatic rings. The third-order valence-electron chi connectivity index (χ3n) is 3.21. The molecule has 1 aromatic carbocycles. The Morgan fingerprint density at radius 3 is 2.48 bits per heavy atom. The number of Topliss-reactive ketones (excluding diaryl/α,β-unsaturated/α-hetero) is 1. The van der Waals surface area contributed by atoms with Gasteiger partial charge in [0.05, 0.1) is 24.0 Å². The number of aryl methyl sites for hydroxylation is 1. The minimum atomic E-state index is -0.620. The van der Waals surface area contributed by atoms with Gasteiger partial charge in [0.25, 0.3) is 0 Å². The largest absolute Gasteiger partial charge is 0.497 e. The summed E-state index contributed by atoms with van der Waals surface area (Å²) in [6.45, 7) is 3.24. The van der Waals surface area contributed by atoms with Crippen LogP contribution in [0.4, 0.5) is 5.82 Å². The SMILES string of the molecule is COc1ccc(C(=O)C(C)n2cc(C)c([N+](=O)[O-])n2)cc1. The second-order valence-corrected chi connectivity index (χ2v) is 4.64. The van der Waals surface area contributed by atoms with E-state index in [2.05, 4.69) is 5.10 Å². The maximum atomic E-state index is 12.4. The van der Waals surface area contributed by atoms with Gasteiger partial charge in [-0.25, -0.2) is 0 Å². The Morgan fingerprint density at radius 1 is 1.38 bits per heavy atom. The van der Waals surface area contributed by atoms with Crippen LogP contribution < -0.4 is 4.74 Å². The lowest BCUT2D eigenvalue weighted by molar-refractivity contribution is -0.390. The molecule has 2 rings (SSSR count). The van der Waals surface area contributed by atoms with E-state index in [1.54, 1.807) is 45.2 Å². The first-order chi connectivity index (χ1) is 9.93. The summed E-state index contributed by atoms with van der Waals surface area (Å²) in [6, 6.07) is 6.07. The third kappa shape index (κ3) is 2.91. The molecule has 1 aromatic heterocycles. The average molecular weight is 289 g/mol. The van der Waals surface area contributed by atoms with Crippen molar-refractivity contribution in [3.8, 4) is 5.75 Å². The lowest BCUT2D eigenvalue weighted by atomic mass is 10.1. The van der Waals surface area contributed by atoms with Crippen molar-refractivity contribution in [2.45, 2.75) is 19.9 Å². The highest BCUT2D eigenvalue weighted by Crippen LogP contribution is 2.21. The van der Waals surface area contributed by atoms with Crippen LogP contribution in [-0.4, -0.2) is 27.6 Å². The van der Waals surface area contributed by atoms with E-state index in [0.717, 1.165) is 0 Å². The van der Waals surface area contributed by atoms with Crippen molar-refractivity contribution in [1.82, 2.24) is 9.78 Å². The molecule has 110 valence electrons. The Bertz CT molecular complexity index is 676. The van der Waals surface area contributed by atoms with Gasteiger partial charge < -0.3 is 14.9 Å². The van der Waals surface area contributed by atoms with Gasteiger partial charge in [-0.15, -0.1) is 0 Å². The fourth-order valence-electron chi connectivity index (χ4n) is 1.97. The van der Waals surface area contributed by atoms with Crippen molar-refractivity contribution in [3.05, 3.63) is 51.7 Å². The van der Waals surface area contributed by atoms with E-state index >= 15 is 0 Å². The van der Waals surface area contributed by atoms with E-state index in [1.807, 2.05) is 0 Å². The summed E-state index contributed by atoms with van der Waals surface area (Å²) in [5.41, 5.74) is 0.925. The van der Waals surface area contributed by atoms with Gasteiger partial charge in [0, 0.05) is 5.56 Å². The number of methoxy groups -OCH3 is 1. The Morgan fingerprint density at radius 2 is 2.00 bits per heavy atom. The Labute approximate surface area is 121 Å². The number of carbonyl (C=O) groups is 1. The molecule has 2 aromatic rings. The minimum absolute atomic E-state index is 0.171. The molecule has 0 radical (unpaired) electrons. The van der Waals surface area contributed by atoms with E-state index in [9.17, 15) is 14.9 Å². The van der Waals surface area contributed by atoms with Crippen LogP contribution in [0.15, 0.2) is 30.5 Å². The van der Waals surface area contributed by atoms with Crippen LogP contribution in [0.1, 0.15) is 28.9 Å². The van der Waals surface area contributed by atoms with Crippen LogP contribution in [0.5, 0.6) is 5.75 Å². The molecule has 1 heterocycles. The normalized spacial score (nSPS) is 12.0. The van der Waals surface area contributed by atoms with Gasteiger partial charge in [0.15, 0.2) is 5.78 Å². The zero-order valence-corrected chi connectivity index (χ0v) is 11.9. The molecule has 0 saturated carbocycles. The highest BCUT2D eigenvalue weighted by molar-refractivity contribution is 5.98. The van der Waals surface area contributed by atoms with E-state index in [4.69, 9.17) is 4.74 Å². The molecule has 7 heteroatoms. The lowest BCUT2D eigenvalue weighted by Crippen LogP contribution is -2.17. The molecular weight excluding hydrogens is 274 g/mol. The number of rotatable bonds is 5. The molecule has 0 fully saturated rings. The van der Waals surface area contributed by atoms with Gasteiger partial charge in [-0.2, -0.15) is 4.68 Å². The molecule has 0 bridgehead atoms. The van der Waals surface area contributed by atoms with Gasteiger partial charge in [0.1, 0.15) is 11.8 Å². The van der Waals surface area contributed by atoms with Crippen LogP contribution in [0.3, 0.4) is 0 Å². The average Bonchev–Trinajstić information content (AvgIpc) is 2.88. The molecule has 7 nitrogen and oxygen atoms in total. The van der Waals surface area contributed by atoms with Gasteiger partial charge in [-0.3, -0.25) is 4.79 Å². The summed E-state index contributed by atoms with van der Waals surface area (Å²) in [6.07, 6.45) is 1.50. The van der Waals surface area contributed by atoms with E-state index in [0.29, 0.717) is 16.9 Å². The second kappa shape index (κ2) is 5.74. The first-order valence-corrected chi connectivity index (χ1v) is 6.32. The topological polar surface area (TPSA) is 87.3 Å². The Kier molecular flexibility index (Phi) is 4.02. The number of carbonyl (C=O) groups excluding carboxylic acids is 1. The maximum Gasteiger partial charge on any atom is 0.392 e. The highest BCUT2D eigenvalue weighted by atomic mass is 16.6. The number of aromatic nitrogens is 2. The van der Waals surface area contributed by atoms with Gasteiger partial charge in [-0.05, 0) is 43.0 Å². The molecule has 21 heavy (non-hydrogen) atoms. The molecule has 0 amide bonds. The summed E-state index contributed by atoms with van der Waals surface area (Å²) in [5, 5.41) is 14.7. The van der Waals surface area contributed by atoms with Gasteiger partial charge in [-0.1, -0.05) is 0 Å². The minimum Gasteiger partial charge on any atom is -0.497 e. The van der Waals surface area contributed by atoms with Crippen LogP contribution in [0.25, 0.3) is 0 Å². The van der Waals surface area contributed by atoms with Crippen molar-refractivity contribution < 1.29 is 14.5 Å². The van der Waals surface area contributed by atoms with Crippen LogP contribution >= 0.6 is 0 Å². The number of benzene rings is 1. The van der Waals surface area contributed by atoms with E-state index < -0.39 is 11.0 Å². The number of ketones is 1. The smallest absolute Gasteiger partial charge is 0.392 e. The second-order valence-electron chi connectivity index (χ2n) is 4.64. The summed E-state index contributed by atoms with van der Waals surface area (Å²) >= 11 is 0. The first-order valence-electron chi connectivity index (χ1n) is 6.32. The standard InChI is InChI=1S/C14H15N3O4/c1-9-8-16(15-14(9)17(19)20)10(2)13(18)11-4-6-12(21-3)7-5-11/h4-8,10H,1-3H3. The van der Waals surface area contributed by atoms with Crippen molar-refractivity contribution in [1.29, 1.82) is 0 Å². The fourth-order valence-corrected chi connectivity index (χ4v) is 1.97. The molecular formula is C14H15N3O4. The number of hydrogen-bond donors (Lipinski definition) is 0. The Balaban J connectivity index is 2.25. The number of nitro groups is 1. The monoisotopic (exact) mass is 289 g/mol. The van der Waals surface area contributed by atoms with E-state index in [1.165, 1.54) is 10.9 Å². The summed E-state index contributed by atoms with van der Waals surface area (Å²) in [7, 11) is 1.55. The Hall–Kier alpha value is -2.70. The predicted octanol–water partition coefficient (Wildman–Crippen LogP) is 2.55. The summed E-state index contributed by atoms with van der Waals surface area (Å²) in [5.74, 6) is 0.254. The van der Waals surface area contributed by atoms with E-state index in [-0.39, 0.29) is 11.6 Å². The summed E-state index contributed by atoms with van der Waals surface area (Å²) < 4.78 is 6.36. The number of hydrogen-bond acceptors (Lipinski definition) is 5. The number of nitrogens with zero attached hydrogens (tertiary/aromatic N) is 3. The van der Waals surface area contributed by atoms with Gasteiger partial charge in [0.2, 0.25) is 0 Å².